The van der Waals surface area contributed by atoms with E-state index in [1.165, 1.54) is 28.8 Å². The van der Waals surface area contributed by atoms with Gasteiger partial charge in [-0.15, -0.1) is 5.10 Å². The van der Waals surface area contributed by atoms with Crippen molar-refractivity contribution in [2.24, 2.45) is 0 Å². The summed E-state index contributed by atoms with van der Waals surface area (Å²) in [5.74, 6) is -0.0642. The zero-order valence-electron chi connectivity index (χ0n) is 10.5. The van der Waals surface area contributed by atoms with Gasteiger partial charge in [0.2, 0.25) is 0 Å². The van der Waals surface area contributed by atoms with E-state index in [2.05, 4.69) is 10.1 Å². The van der Waals surface area contributed by atoms with Crippen molar-refractivity contribution < 1.29 is 13.2 Å². The molecule has 0 unspecified atom stereocenters. The van der Waals surface area contributed by atoms with E-state index >= 15 is 0 Å². The molecular weight excluding hydrogens is 281 g/mol. The number of pyridine rings is 1. The number of benzene rings is 1. The molecule has 3 aromatic rings. The van der Waals surface area contributed by atoms with Crippen LogP contribution < -0.4 is 0 Å². The van der Waals surface area contributed by atoms with E-state index in [4.69, 9.17) is 5.26 Å². The van der Waals surface area contributed by atoms with Gasteiger partial charge in [-0.3, -0.25) is 0 Å². The van der Waals surface area contributed by atoms with Gasteiger partial charge in [-0.2, -0.15) is 18.4 Å². The molecule has 0 bridgehead atoms. The average molecular weight is 288 g/mol. The fourth-order valence-electron chi connectivity index (χ4n) is 2.03. The van der Waals surface area contributed by atoms with Gasteiger partial charge in [0, 0.05) is 5.56 Å². The van der Waals surface area contributed by atoms with E-state index in [1.54, 1.807) is 12.1 Å². The van der Waals surface area contributed by atoms with Crippen LogP contribution in [-0.2, 0) is 6.18 Å². The zero-order valence-corrected chi connectivity index (χ0v) is 10.5. The largest absolute Gasteiger partial charge is 0.417 e. The first-order valence-electron chi connectivity index (χ1n) is 5.93. The molecule has 0 fully saturated rings. The van der Waals surface area contributed by atoms with E-state index in [0.717, 1.165) is 6.07 Å². The van der Waals surface area contributed by atoms with Gasteiger partial charge in [0.1, 0.15) is 11.8 Å². The van der Waals surface area contributed by atoms with Gasteiger partial charge < -0.3 is 0 Å². The number of nitriles is 1. The van der Waals surface area contributed by atoms with Crippen LogP contribution in [0.1, 0.15) is 11.3 Å². The van der Waals surface area contributed by atoms with Crippen LogP contribution in [0.15, 0.2) is 42.5 Å². The van der Waals surface area contributed by atoms with Crippen molar-refractivity contribution in [2.45, 2.75) is 6.18 Å². The molecule has 0 atom stereocenters. The highest BCUT2D eigenvalue weighted by Gasteiger charge is 2.34. The Morgan fingerprint density at radius 3 is 2.52 bits per heavy atom. The van der Waals surface area contributed by atoms with Gasteiger partial charge >= 0.3 is 6.18 Å². The van der Waals surface area contributed by atoms with Crippen LogP contribution in [0.2, 0.25) is 0 Å². The first kappa shape index (κ1) is 13.1. The van der Waals surface area contributed by atoms with Crippen molar-refractivity contribution in [3.05, 3.63) is 53.7 Å². The summed E-state index contributed by atoms with van der Waals surface area (Å²) in [6.45, 7) is 0. The van der Waals surface area contributed by atoms with E-state index in [1.807, 2.05) is 6.07 Å². The lowest BCUT2D eigenvalue weighted by Gasteiger charge is -2.09. The highest BCUT2D eigenvalue weighted by Crippen LogP contribution is 2.35. The van der Waals surface area contributed by atoms with E-state index < -0.39 is 11.7 Å². The Hall–Kier alpha value is -2.88. The molecule has 104 valence electrons. The lowest BCUT2D eigenvalue weighted by Crippen LogP contribution is -2.07. The Morgan fingerprint density at radius 1 is 1.05 bits per heavy atom. The molecule has 21 heavy (non-hydrogen) atoms. The predicted octanol–water partition coefficient (Wildman–Crippen LogP) is 3.29. The van der Waals surface area contributed by atoms with Crippen molar-refractivity contribution in [2.75, 3.05) is 0 Å². The molecule has 0 radical (unpaired) electrons. The third kappa shape index (κ3) is 2.21. The third-order valence-corrected chi connectivity index (χ3v) is 2.95. The highest BCUT2D eigenvalue weighted by atomic mass is 19.4. The van der Waals surface area contributed by atoms with E-state index in [9.17, 15) is 13.2 Å². The Kier molecular flexibility index (Phi) is 2.87. The van der Waals surface area contributed by atoms with Gasteiger partial charge in [0.15, 0.2) is 11.5 Å². The molecular formula is C14H7F3N4. The summed E-state index contributed by atoms with van der Waals surface area (Å²) in [4.78, 5) is 4.07. The van der Waals surface area contributed by atoms with Crippen molar-refractivity contribution in [3.63, 3.8) is 0 Å². The first-order chi connectivity index (χ1) is 10.0. The molecule has 0 spiro atoms. The monoisotopic (exact) mass is 288 g/mol. The maximum Gasteiger partial charge on any atom is 0.417 e. The smallest absolute Gasteiger partial charge is 0.207 e. The molecule has 0 aliphatic rings. The second-order valence-corrected chi connectivity index (χ2v) is 4.27. The Bertz CT molecular complexity index is 859. The minimum Gasteiger partial charge on any atom is -0.207 e. The number of alkyl halides is 3. The fourth-order valence-corrected chi connectivity index (χ4v) is 2.03. The Labute approximate surface area is 117 Å². The zero-order chi connectivity index (χ0) is 15.0. The molecule has 0 saturated carbocycles. The van der Waals surface area contributed by atoms with Crippen LogP contribution in [-0.4, -0.2) is 14.6 Å². The van der Waals surface area contributed by atoms with Gasteiger partial charge in [0.25, 0.3) is 0 Å². The second kappa shape index (κ2) is 4.59. The number of aromatic nitrogens is 3. The molecule has 0 amide bonds. The van der Waals surface area contributed by atoms with Crippen molar-refractivity contribution in [1.82, 2.24) is 14.6 Å². The van der Waals surface area contributed by atoms with Gasteiger partial charge in [-0.1, -0.05) is 24.3 Å². The van der Waals surface area contributed by atoms with Crippen LogP contribution in [0.25, 0.3) is 17.0 Å². The molecule has 4 nitrogen and oxygen atoms in total. The predicted molar refractivity (Wildman–Crippen MR) is 68.1 cm³/mol. The van der Waals surface area contributed by atoms with Crippen LogP contribution in [0.5, 0.6) is 0 Å². The fraction of sp³-hybridized carbons (Fsp3) is 0.0714. The summed E-state index contributed by atoms with van der Waals surface area (Å²) in [7, 11) is 0. The van der Waals surface area contributed by atoms with Crippen LogP contribution in [0, 0.1) is 11.3 Å². The number of rotatable bonds is 1. The lowest BCUT2D eigenvalue weighted by molar-refractivity contribution is -0.137. The first-order valence-corrected chi connectivity index (χ1v) is 5.93. The van der Waals surface area contributed by atoms with Crippen molar-refractivity contribution in [1.29, 1.82) is 5.26 Å². The topological polar surface area (TPSA) is 54.0 Å². The summed E-state index contributed by atoms with van der Waals surface area (Å²) >= 11 is 0. The van der Waals surface area contributed by atoms with Gasteiger partial charge in [-0.25, -0.2) is 9.50 Å². The quantitative estimate of drug-likeness (QED) is 0.690. The molecule has 1 aromatic carbocycles. The second-order valence-electron chi connectivity index (χ2n) is 4.27. The molecule has 0 aliphatic heterocycles. The van der Waals surface area contributed by atoms with Crippen LogP contribution in [0.4, 0.5) is 13.2 Å². The molecule has 2 aromatic heterocycles. The standard InChI is InChI=1S/C14H7F3N4/c15-14(16,17)11-6-2-1-5-10(11)13-19-12-7-3-4-9(8-18)21(12)20-13/h1-7H. The molecule has 0 N–H and O–H groups in total. The van der Waals surface area contributed by atoms with E-state index in [0.29, 0.717) is 5.65 Å². The third-order valence-electron chi connectivity index (χ3n) is 2.95. The van der Waals surface area contributed by atoms with E-state index in [-0.39, 0.29) is 17.1 Å². The molecule has 2 heterocycles. The maximum absolute atomic E-state index is 13.0. The Balaban J connectivity index is 2.25. The lowest BCUT2D eigenvalue weighted by atomic mass is 10.1. The summed E-state index contributed by atoms with van der Waals surface area (Å²) in [5.41, 5.74) is -0.395. The molecule has 3 rings (SSSR count). The summed E-state index contributed by atoms with van der Waals surface area (Å²) in [5, 5.41) is 13.0. The molecule has 0 saturated heterocycles. The Morgan fingerprint density at radius 2 is 1.81 bits per heavy atom. The van der Waals surface area contributed by atoms with Crippen LogP contribution in [0.3, 0.4) is 0 Å². The van der Waals surface area contributed by atoms with Gasteiger partial charge in [0.05, 0.1) is 5.56 Å². The number of nitrogens with zero attached hydrogens (tertiary/aromatic N) is 4. The average Bonchev–Trinajstić information content (AvgIpc) is 2.90. The maximum atomic E-state index is 13.0. The minimum atomic E-state index is -4.49. The normalized spacial score (nSPS) is 11.5. The molecule has 7 heteroatoms. The van der Waals surface area contributed by atoms with Crippen LogP contribution >= 0.6 is 0 Å². The highest BCUT2D eigenvalue weighted by molar-refractivity contribution is 5.63. The SMILES string of the molecule is N#Cc1cccc2nc(-c3ccccc3C(F)(F)F)nn12. The summed E-state index contributed by atoms with van der Waals surface area (Å²) in [6, 6.07) is 11.7. The summed E-state index contributed by atoms with van der Waals surface area (Å²) in [6.07, 6.45) is -4.49. The van der Waals surface area contributed by atoms with Gasteiger partial charge in [-0.05, 0) is 18.2 Å². The number of halogens is 3. The van der Waals surface area contributed by atoms with Crippen molar-refractivity contribution in [3.8, 4) is 17.5 Å². The number of hydrogen-bond donors (Lipinski definition) is 0. The summed E-state index contributed by atoms with van der Waals surface area (Å²) < 4.78 is 40.3. The molecule has 0 aliphatic carbocycles. The minimum absolute atomic E-state index is 0.0642. The number of fused-ring (bicyclic) bond motifs is 1. The number of hydrogen-bond acceptors (Lipinski definition) is 3. The van der Waals surface area contributed by atoms with Crippen molar-refractivity contribution >= 4 is 5.65 Å².